The zero-order valence-electron chi connectivity index (χ0n) is 15.5. The lowest BCUT2D eigenvalue weighted by Crippen LogP contribution is -2.40. The second-order valence-electron chi connectivity index (χ2n) is 7.03. The van der Waals surface area contributed by atoms with Crippen LogP contribution in [0.25, 0.3) is 11.5 Å². The molecule has 3 aromatic rings. The van der Waals surface area contributed by atoms with Gasteiger partial charge in [0.15, 0.2) is 0 Å². The Labute approximate surface area is 161 Å². The molecule has 1 aromatic carbocycles. The number of hydrogen-bond donors (Lipinski definition) is 0. The third kappa shape index (κ3) is 3.90. The van der Waals surface area contributed by atoms with Gasteiger partial charge in [-0.2, -0.15) is 4.98 Å². The maximum atomic E-state index is 13.8. The van der Waals surface area contributed by atoms with E-state index in [0.717, 1.165) is 12.8 Å². The second kappa shape index (κ2) is 7.84. The lowest BCUT2D eigenvalue weighted by atomic mass is 9.94. The molecule has 3 heterocycles. The molecule has 2 aromatic heterocycles. The third-order valence-corrected chi connectivity index (χ3v) is 4.95. The lowest BCUT2D eigenvalue weighted by Gasteiger charge is -2.32. The summed E-state index contributed by atoms with van der Waals surface area (Å²) in [5, 5.41) is 3.96. The quantitative estimate of drug-likeness (QED) is 0.690. The Balaban J connectivity index is 1.42. The summed E-state index contributed by atoms with van der Waals surface area (Å²) < 4.78 is 19.2. The highest BCUT2D eigenvalue weighted by atomic mass is 19.1. The summed E-state index contributed by atoms with van der Waals surface area (Å²) >= 11 is 0. The normalized spacial score (nSPS) is 16.9. The fraction of sp³-hybridized carbons (Fsp3) is 0.350. The molecule has 0 saturated carbocycles. The Morgan fingerprint density at radius 1 is 1.36 bits per heavy atom. The van der Waals surface area contributed by atoms with Crippen molar-refractivity contribution >= 4 is 5.91 Å². The van der Waals surface area contributed by atoms with Gasteiger partial charge in [-0.05, 0) is 43.4 Å². The Morgan fingerprint density at radius 3 is 3.04 bits per heavy atom. The van der Waals surface area contributed by atoms with Gasteiger partial charge in [0.05, 0.1) is 6.20 Å². The SMILES string of the molecule is Cc1ccc(C(=O)N2CCCC(Cc3nc(-c4cnccn4)no3)C2)cc1F. The summed E-state index contributed by atoms with van der Waals surface area (Å²) in [5.41, 5.74) is 1.47. The molecule has 1 atom stereocenters. The van der Waals surface area contributed by atoms with E-state index >= 15 is 0 Å². The van der Waals surface area contributed by atoms with Crippen LogP contribution in [-0.4, -0.2) is 44.0 Å². The highest BCUT2D eigenvalue weighted by Crippen LogP contribution is 2.23. The molecular formula is C20H20FN5O2. The van der Waals surface area contributed by atoms with Crippen LogP contribution in [-0.2, 0) is 6.42 Å². The standard InChI is InChI=1S/C20H20FN5O2/c1-13-4-5-15(10-16(13)21)20(27)26-8-2-3-14(12-26)9-18-24-19(25-28-18)17-11-22-6-7-23-17/h4-7,10-11,14H,2-3,8-9,12H2,1H3. The number of amides is 1. The fourth-order valence-electron chi connectivity index (χ4n) is 3.43. The minimum atomic E-state index is -0.359. The van der Waals surface area contributed by atoms with Crippen molar-refractivity contribution in [2.75, 3.05) is 13.1 Å². The first-order chi connectivity index (χ1) is 13.6. The summed E-state index contributed by atoms with van der Waals surface area (Å²) in [5.74, 6) is 0.627. The molecule has 28 heavy (non-hydrogen) atoms. The van der Waals surface area contributed by atoms with Gasteiger partial charge in [0.2, 0.25) is 11.7 Å². The molecule has 1 aliphatic rings. The average Bonchev–Trinajstić information content (AvgIpc) is 3.19. The smallest absolute Gasteiger partial charge is 0.253 e. The van der Waals surface area contributed by atoms with Crippen LogP contribution in [0.1, 0.15) is 34.7 Å². The van der Waals surface area contributed by atoms with Gasteiger partial charge in [-0.1, -0.05) is 11.2 Å². The number of carbonyl (C=O) groups excluding carboxylic acids is 1. The van der Waals surface area contributed by atoms with Gasteiger partial charge in [-0.3, -0.25) is 9.78 Å². The van der Waals surface area contributed by atoms with Crippen molar-refractivity contribution in [2.24, 2.45) is 5.92 Å². The predicted octanol–water partition coefficient (Wildman–Crippen LogP) is 3.07. The van der Waals surface area contributed by atoms with E-state index in [2.05, 4.69) is 20.1 Å². The van der Waals surface area contributed by atoms with Crippen LogP contribution in [0.4, 0.5) is 4.39 Å². The molecule has 0 N–H and O–H groups in total. The van der Waals surface area contributed by atoms with Gasteiger partial charge in [-0.25, -0.2) is 9.37 Å². The van der Waals surface area contributed by atoms with Crippen LogP contribution >= 0.6 is 0 Å². The van der Waals surface area contributed by atoms with Gasteiger partial charge in [0.25, 0.3) is 5.91 Å². The Bertz CT molecular complexity index is 976. The van der Waals surface area contributed by atoms with Crippen LogP contribution in [0.3, 0.4) is 0 Å². The van der Waals surface area contributed by atoms with Gasteiger partial charge in [0.1, 0.15) is 11.5 Å². The Hall–Kier alpha value is -3.16. The fourth-order valence-corrected chi connectivity index (χ4v) is 3.43. The Morgan fingerprint density at radius 2 is 2.25 bits per heavy atom. The number of likely N-dealkylation sites (tertiary alicyclic amines) is 1. The number of rotatable bonds is 4. The zero-order chi connectivity index (χ0) is 19.5. The molecular weight excluding hydrogens is 361 g/mol. The van der Waals surface area contributed by atoms with E-state index < -0.39 is 0 Å². The summed E-state index contributed by atoms with van der Waals surface area (Å²) in [6.45, 7) is 2.93. The summed E-state index contributed by atoms with van der Waals surface area (Å²) in [4.78, 5) is 27.1. The van der Waals surface area contributed by atoms with E-state index in [0.29, 0.717) is 48.0 Å². The summed E-state index contributed by atoms with van der Waals surface area (Å²) in [7, 11) is 0. The molecule has 8 heteroatoms. The molecule has 0 spiro atoms. The summed E-state index contributed by atoms with van der Waals surface area (Å²) in [6, 6.07) is 4.62. The van der Waals surface area contributed by atoms with Crippen molar-refractivity contribution in [2.45, 2.75) is 26.2 Å². The van der Waals surface area contributed by atoms with Crippen LogP contribution in [0, 0.1) is 18.7 Å². The molecule has 4 rings (SSSR count). The predicted molar refractivity (Wildman–Crippen MR) is 98.8 cm³/mol. The van der Waals surface area contributed by atoms with Crippen molar-refractivity contribution in [3.63, 3.8) is 0 Å². The largest absolute Gasteiger partial charge is 0.339 e. The van der Waals surface area contributed by atoms with Gasteiger partial charge < -0.3 is 9.42 Å². The number of halogens is 1. The number of aryl methyl sites for hydroxylation is 1. The molecule has 0 radical (unpaired) electrons. The maximum absolute atomic E-state index is 13.8. The molecule has 0 bridgehead atoms. The van der Waals surface area contributed by atoms with Gasteiger partial charge in [0, 0.05) is 37.5 Å². The van der Waals surface area contributed by atoms with E-state index in [1.165, 1.54) is 6.07 Å². The van der Waals surface area contributed by atoms with Gasteiger partial charge in [-0.15, -0.1) is 0 Å². The van der Waals surface area contributed by atoms with E-state index in [9.17, 15) is 9.18 Å². The molecule has 0 aliphatic carbocycles. The molecule has 1 saturated heterocycles. The molecule has 7 nitrogen and oxygen atoms in total. The lowest BCUT2D eigenvalue weighted by molar-refractivity contribution is 0.0667. The number of piperidine rings is 1. The van der Waals surface area contributed by atoms with Crippen LogP contribution in [0.15, 0.2) is 41.3 Å². The van der Waals surface area contributed by atoms with Crippen molar-refractivity contribution in [1.82, 2.24) is 25.0 Å². The van der Waals surface area contributed by atoms with E-state index in [1.807, 2.05) is 0 Å². The Kier molecular flexibility index (Phi) is 5.10. The molecule has 1 aliphatic heterocycles. The van der Waals surface area contributed by atoms with Gasteiger partial charge >= 0.3 is 0 Å². The van der Waals surface area contributed by atoms with Crippen molar-refractivity contribution < 1.29 is 13.7 Å². The minimum absolute atomic E-state index is 0.144. The first-order valence-electron chi connectivity index (χ1n) is 9.24. The van der Waals surface area contributed by atoms with Crippen molar-refractivity contribution in [1.29, 1.82) is 0 Å². The number of hydrogen-bond acceptors (Lipinski definition) is 6. The maximum Gasteiger partial charge on any atom is 0.253 e. The van der Waals surface area contributed by atoms with Crippen LogP contribution in [0.2, 0.25) is 0 Å². The molecule has 144 valence electrons. The highest BCUT2D eigenvalue weighted by molar-refractivity contribution is 5.94. The topological polar surface area (TPSA) is 85.0 Å². The minimum Gasteiger partial charge on any atom is -0.339 e. The monoisotopic (exact) mass is 381 g/mol. The van der Waals surface area contributed by atoms with Crippen molar-refractivity contribution in [3.05, 3.63) is 59.6 Å². The van der Waals surface area contributed by atoms with Crippen LogP contribution in [0.5, 0.6) is 0 Å². The molecule has 1 fully saturated rings. The number of benzene rings is 1. The summed E-state index contributed by atoms with van der Waals surface area (Å²) in [6.07, 6.45) is 7.17. The number of aromatic nitrogens is 4. The highest BCUT2D eigenvalue weighted by Gasteiger charge is 2.26. The number of carbonyl (C=O) groups is 1. The first kappa shape index (κ1) is 18.2. The molecule has 1 unspecified atom stereocenters. The van der Waals surface area contributed by atoms with E-state index in [1.54, 1.807) is 42.5 Å². The second-order valence-corrected chi connectivity index (χ2v) is 7.03. The first-order valence-corrected chi connectivity index (χ1v) is 9.24. The van der Waals surface area contributed by atoms with Crippen LogP contribution < -0.4 is 0 Å². The molecule has 1 amide bonds. The van der Waals surface area contributed by atoms with E-state index in [4.69, 9.17) is 4.52 Å². The van der Waals surface area contributed by atoms with Crippen molar-refractivity contribution in [3.8, 4) is 11.5 Å². The number of nitrogens with zero attached hydrogens (tertiary/aromatic N) is 5. The third-order valence-electron chi connectivity index (χ3n) is 4.95. The average molecular weight is 381 g/mol. The van der Waals surface area contributed by atoms with E-state index in [-0.39, 0.29) is 17.6 Å². The zero-order valence-corrected chi connectivity index (χ0v) is 15.5.